The first kappa shape index (κ1) is 24.2. The summed E-state index contributed by atoms with van der Waals surface area (Å²) in [5, 5.41) is 11.6. The number of amides is 1. The monoisotopic (exact) mass is 530 g/mol. The van der Waals surface area contributed by atoms with E-state index in [1.165, 1.54) is 18.6 Å². The van der Waals surface area contributed by atoms with Crippen LogP contribution in [0.3, 0.4) is 0 Å². The van der Waals surface area contributed by atoms with Gasteiger partial charge in [-0.05, 0) is 60.4 Å². The van der Waals surface area contributed by atoms with Gasteiger partial charge in [0.2, 0.25) is 5.91 Å². The van der Waals surface area contributed by atoms with Crippen molar-refractivity contribution in [3.8, 4) is 33.8 Å². The van der Waals surface area contributed by atoms with E-state index >= 15 is 0 Å². The maximum Gasteiger partial charge on any atom is 0.227 e. The van der Waals surface area contributed by atoms with Gasteiger partial charge < -0.3 is 10.3 Å². The number of pyridine rings is 1. The molecule has 40 heavy (non-hydrogen) atoms. The number of imidazole rings is 1. The summed E-state index contributed by atoms with van der Waals surface area (Å²) in [6, 6.07) is 20.3. The molecule has 3 N–H and O–H groups in total. The third kappa shape index (κ3) is 4.51. The van der Waals surface area contributed by atoms with Gasteiger partial charge in [-0.2, -0.15) is 5.10 Å². The maximum atomic E-state index is 13.9. The molecule has 1 amide bonds. The second-order valence-corrected chi connectivity index (χ2v) is 10.4. The zero-order chi connectivity index (χ0) is 27.1. The number of fused-ring (bicyclic) bond motifs is 2. The predicted octanol–water partition coefficient (Wildman–Crippen LogP) is 7.49. The molecule has 1 aliphatic rings. The average Bonchev–Trinajstić information content (AvgIpc) is 3.61. The van der Waals surface area contributed by atoms with Gasteiger partial charge in [0.15, 0.2) is 5.82 Å². The lowest BCUT2D eigenvalue weighted by Gasteiger charge is -2.20. The van der Waals surface area contributed by atoms with Crippen LogP contribution in [0.25, 0.3) is 55.7 Å². The Morgan fingerprint density at radius 2 is 1.75 bits per heavy atom. The third-order valence-electron chi connectivity index (χ3n) is 7.75. The SMILES string of the molecule is O=C(Nc1cncc(-c2ccc3[nH]nc(-c4nc5c(-c6cccc(F)c6)cccc5[nH]4)c3c2)c1)C1CCCCC1. The first-order valence-electron chi connectivity index (χ1n) is 13.6. The molecule has 1 fully saturated rings. The van der Waals surface area contributed by atoms with Crippen LogP contribution in [0.1, 0.15) is 32.1 Å². The molecular formula is C32H27FN6O. The Balaban J connectivity index is 1.23. The Morgan fingerprint density at radius 3 is 2.62 bits per heavy atom. The Hall–Kier alpha value is -4.85. The zero-order valence-corrected chi connectivity index (χ0v) is 21.7. The van der Waals surface area contributed by atoms with Gasteiger partial charge in [-0.1, -0.05) is 49.6 Å². The molecule has 0 spiro atoms. The Labute approximate surface area is 229 Å². The van der Waals surface area contributed by atoms with Crippen LogP contribution < -0.4 is 5.32 Å². The lowest BCUT2D eigenvalue weighted by Crippen LogP contribution is -2.24. The molecule has 7 nitrogen and oxygen atoms in total. The van der Waals surface area contributed by atoms with Crippen LogP contribution >= 0.6 is 0 Å². The van der Waals surface area contributed by atoms with Crippen LogP contribution in [0.4, 0.5) is 10.1 Å². The molecule has 1 aliphatic carbocycles. The van der Waals surface area contributed by atoms with E-state index in [1.54, 1.807) is 18.5 Å². The first-order valence-corrected chi connectivity index (χ1v) is 13.6. The van der Waals surface area contributed by atoms with Gasteiger partial charge >= 0.3 is 0 Å². The van der Waals surface area contributed by atoms with Gasteiger partial charge in [0.05, 0.1) is 28.4 Å². The number of hydrogen-bond acceptors (Lipinski definition) is 4. The highest BCUT2D eigenvalue weighted by atomic mass is 19.1. The number of carbonyl (C=O) groups excluding carboxylic acids is 1. The maximum absolute atomic E-state index is 13.9. The Bertz CT molecular complexity index is 1870. The summed E-state index contributed by atoms with van der Waals surface area (Å²) in [7, 11) is 0. The minimum Gasteiger partial charge on any atom is -0.337 e. The smallest absolute Gasteiger partial charge is 0.227 e. The van der Waals surface area contributed by atoms with E-state index in [4.69, 9.17) is 4.98 Å². The van der Waals surface area contributed by atoms with Crippen molar-refractivity contribution in [3.63, 3.8) is 0 Å². The van der Waals surface area contributed by atoms with E-state index in [9.17, 15) is 9.18 Å². The van der Waals surface area contributed by atoms with Gasteiger partial charge in [-0.3, -0.25) is 14.9 Å². The number of hydrogen-bond donors (Lipinski definition) is 3. The molecule has 3 aromatic carbocycles. The molecule has 0 atom stereocenters. The van der Waals surface area contributed by atoms with Gasteiger partial charge in [-0.15, -0.1) is 0 Å². The number of para-hydroxylation sites is 1. The number of anilines is 1. The standard InChI is InChI=1S/C32H27FN6O/c33-23-9-4-8-21(14-23)25-10-5-11-28-29(25)37-31(36-28)30-26-16-20(12-13-27(26)38-39-30)22-15-24(18-34-17-22)35-32(40)19-6-2-1-3-7-19/h4-5,8-19H,1-3,6-7H2,(H,35,40)(H,36,37)(H,38,39). The highest BCUT2D eigenvalue weighted by Crippen LogP contribution is 2.34. The first-order chi connectivity index (χ1) is 19.6. The average molecular weight is 531 g/mol. The molecule has 0 unspecified atom stereocenters. The summed E-state index contributed by atoms with van der Waals surface area (Å²) in [6.07, 6.45) is 8.82. The summed E-state index contributed by atoms with van der Waals surface area (Å²) >= 11 is 0. The van der Waals surface area contributed by atoms with E-state index in [0.29, 0.717) is 17.2 Å². The van der Waals surface area contributed by atoms with Crippen molar-refractivity contribution < 1.29 is 9.18 Å². The second kappa shape index (κ2) is 10.0. The molecule has 7 rings (SSSR count). The lowest BCUT2D eigenvalue weighted by atomic mass is 9.88. The number of rotatable bonds is 5. The highest BCUT2D eigenvalue weighted by Gasteiger charge is 2.21. The Morgan fingerprint density at radius 1 is 0.875 bits per heavy atom. The molecule has 8 heteroatoms. The van der Waals surface area contributed by atoms with Crippen LogP contribution in [-0.2, 0) is 4.79 Å². The van der Waals surface area contributed by atoms with Crippen LogP contribution in [0.2, 0.25) is 0 Å². The quantitative estimate of drug-likeness (QED) is 0.215. The molecule has 0 bridgehead atoms. The van der Waals surface area contributed by atoms with E-state index in [1.807, 2.05) is 42.5 Å². The Kier molecular flexibility index (Phi) is 6.07. The molecule has 0 saturated heterocycles. The zero-order valence-electron chi connectivity index (χ0n) is 21.7. The molecule has 1 saturated carbocycles. The summed E-state index contributed by atoms with van der Waals surface area (Å²) in [5.74, 6) is 0.485. The number of halogens is 1. The summed E-state index contributed by atoms with van der Waals surface area (Å²) in [4.78, 5) is 25.5. The number of benzene rings is 3. The van der Waals surface area contributed by atoms with Crippen LogP contribution in [0, 0.1) is 11.7 Å². The minimum atomic E-state index is -0.289. The summed E-state index contributed by atoms with van der Waals surface area (Å²) in [6.45, 7) is 0. The van der Waals surface area contributed by atoms with Crippen LogP contribution in [-0.4, -0.2) is 31.1 Å². The highest BCUT2D eigenvalue weighted by molar-refractivity contribution is 5.99. The number of aromatic amines is 2. The van der Waals surface area contributed by atoms with Crippen molar-refractivity contribution in [3.05, 3.63) is 84.9 Å². The van der Waals surface area contributed by atoms with Gasteiger partial charge in [0, 0.05) is 28.6 Å². The van der Waals surface area contributed by atoms with Crippen LogP contribution in [0.15, 0.2) is 79.1 Å². The number of H-pyrrole nitrogens is 2. The fraction of sp³-hybridized carbons (Fsp3) is 0.188. The molecule has 0 aliphatic heterocycles. The second-order valence-electron chi connectivity index (χ2n) is 10.4. The summed E-state index contributed by atoms with van der Waals surface area (Å²) < 4.78 is 13.9. The van der Waals surface area contributed by atoms with Crippen molar-refractivity contribution in [1.29, 1.82) is 0 Å². The molecule has 3 aromatic heterocycles. The molecule has 3 heterocycles. The molecule has 0 radical (unpaired) electrons. The predicted molar refractivity (Wildman–Crippen MR) is 155 cm³/mol. The van der Waals surface area contributed by atoms with E-state index in [2.05, 4.69) is 31.5 Å². The van der Waals surface area contributed by atoms with Crippen molar-refractivity contribution in [2.75, 3.05) is 5.32 Å². The number of nitrogens with zero attached hydrogens (tertiary/aromatic N) is 3. The topological polar surface area (TPSA) is 99.3 Å². The van der Waals surface area contributed by atoms with Gasteiger partial charge in [0.1, 0.15) is 11.5 Å². The summed E-state index contributed by atoms with van der Waals surface area (Å²) in [5.41, 5.74) is 7.31. The van der Waals surface area contributed by atoms with Crippen molar-refractivity contribution in [1.82, 2.24) is 25.1 Å². The van der Waals surface area contributed by atoms with Crippen molar-refractivity contribution in [2.45, 2.75) is 32.1 Å². The fourth-order valence-electron chi connectivity index (χ4n) is 5.68. The van der Waals surface area contributed by atoms with Gasteiger partial charge in [-0.25, -0.2) is 9.37 Å². The van der Waals surface area contributed by atoms with Crippen LogP contribution in [0.5, 0.6) is 0 Å². The molecular weight excluding hydrogens is 503 g/mol. The van der Waals surface area contributed by atoms with E-state index in [-0.39, 0.29) is 17.6 Å². The van der Waals surface area contributed by atoms with Crippen molar-refractivity contribution >= 4 is 33.5 Å². The fourth-order valence-corrected chi connectivity index (χ4v) is 5.68. The molecule has 6 aromatic rings. The molecule has 198 valence electrons. The van der Waals surface area contributed by atoms with E-state index < -0.39 is 0 Å². The van der Waals surface area contributed by atoms with E-state index in [0.717, 1.165) is 69.9 Å². The third-order valence-corrected chi connectivity index (χ3v) is 7.75. The lowest BCUT2D eigenvalue weighted by molar-refractivity contribution is -0.120. The normalized spacial score (nSPS) is 14.1. The number of aromatic nitrogens is 5. The minimum absolute atomic E-state index is 0.0764. The number of carbonyl (C=O) groups is 1. The largest absolute Gasteiger partial charge is 0.337 e. The number of nitrogens with one attached hydrogen (secondary N) is 3. The van der Waals surface area contributed by atoms with Gasteiger partial charge in [0.25, 0.3) is 0 Å². The van der Waals surface area contributed by atoms with Crippen molar-refractivity contribution in [2.24, 2.45) is 5.92 Å².